The number of esters is 1. The molecule has 1 saturated carbocycles. The first-order valence-electron chi connectivity index (χ1n) is 10.2. The summed E-state index contributed by atoms with van der Waals surface area (Å²) in [6, 6.07) is 12.2. The van der Waals surface area contributed by atoms with E-state index in [1.54, 1.807) is 31.4 Å². The molecule has 0 bridgehead atoms. The molecule has 1 heterocycles. The summed E-state index contributed by atoms with van der Waals surface area (Å²) < 4.78 is 22.1. The first-order chi connectivity index (χ1) is 14.7. The molecule has 6 heteroatoms. The zero-order chi connectivity index (χ0) is 20.9. The maximum Gasteiger partial charge on any atom is 0.344 e. The van der Waals surface area contributed by atoms with Crippen molar-refractivity contribution in [3.05, 3.63) is 59.0 Å². The summed E-state index contributed by atoms with van der Waals surface area (Å²) in [7, 11) is 1.56. The highest BCUT2D eigenvalue weighted by molar-refractivity contribution is 5.84. The molecule has 1 aromatic heterocycles. The molecule has 4 rings (SSSR count). The van der Waals surface area contributed by atoms with E-state index in [0.29, 0.717) is 33.6 Å². The van der Waals surface area contributed by atoms with Gasteiger partial charge < -0.3 is 18.6 Å². The van der Waals surface area contributed by atoms with E-state index in [4.69, 9.17) is 18.6 Å². The fraction of sp³-hybridized carbons (Fsp3) is 0.333. The molecule has 0 N–H and O–H groups in total. The van der Waals surface area contributed by atoms with E-state index in [0.717, 1.165) is 25.7 Å². The van der Waals surface area contributed by atoms with E-state index in [1.807, 2.05) is 18.2 Å². The number of hydrogen-bond acceptors (Lipinski definition) is 6. The Morgan fingerprint density at radius 3 is 2.67 bits per heavy atom. The third-order valence-corrected chi connectivity index (χ3v) is 5.35. The van der Waals surface area contributed by atoms with Gasteiger partial charge in [-0.25, -0.2) is 4.79 Å². The van der Waals surface area contributed by atoms with Gasteiger partial charge >= 0.3 is 5.97 Å². The fourth-order valence-corrected chi connectivity index (χ4v) is 3.80. The molecule has 0 radical (unpaired) electrons. The summed E-state index contributed by atoms with van der Waals surface area (Å²) in [6.07, 6.45) is 6.65. The third kappa shape index (κ3) is 4.32. The van der Waals surface area contributed by atoms with Crippen LogP contribution >= 0.6 is 0 Å². The zero-order valence-corrected chi connectivity index (χ0v) is 16.9. The largest absolute Gasteiger partial charge is 0.496 e. The Labute approximate surface area is 174 Å². The van der Waals surface area contributed by atoms with Crippen molar-refractivity contribution in [3.8, 4) is 22.6 Å². The molecule has 0 atom stereocenters. The van der Waals surface area contributed by atoms with Crippen LogP contribution in [-0.4, -0.2) is 25.8 Å². The second kappa shape index (κ2) is 9.03. The molecule has 0 unspecified atom stereocenters. The van der Waals surface area contributed by atoms with Crippen molar-refractivity contribution in [1.29, 1.82) is 0 Å². The van der Waals surface area contributed by atoms with Gasteiger partial charge in [-0.2, -0.15) is 0 Å². The molecule has 1 fully saturated rings. The summed E-state index contributed by atoms with van der Waals surface area (Å²) in [5, 5.41) is 0.426. The highest BCUT2D eigenvalue weighted by atomic mass is 16.6. The van der Waals surface area contributed by atoms with E-state index >= 15 is 0 Å². The normalized spacial score (nSPS) is 14.4. The number of rotatable bonds is 6. The molecule has 0 saturated heterocycles. The SMILES string of the molecule is COc1ccccc1-c1coc2cc(OCC(=O)OC3CCCCC3)ccc2c1=O. The van der Waals surface area contributed by atoms with Crippen molar-refractivity contribution >= 4 is 16.9 Å². The van der Waals surface area contributed by atoms with Gasteiger partial charge in [0.15, 0.2) is 6.61 Å². The van der Waals surface area contributed by atoms with Crippen molar-refractivity contribution < 1.29 is 23.4 Å². The summed E-state index contributed by atoms with van der Waals surface area (Å²) in [4.78, 5) is 25.0. The predicted octanol–water partition coefficient (Wildman–Crippen LogP) is 4.72. The fourth-order valence-electron chi connectivity index (χ4n) is 3.80. The minimum absolute atomic E-state index is 0.00197. The van der Waals surface area contributed by atoms with Crippen molar-refractivity contribution in [2.24, 2.45) is 0 Å². The van der Waals surface area contributed by atoms with Crippen LogP contribution in [-0.2, 0) is 9.53 Å². The van der Waals surface area contributed by atoms with Crippen LogP contribution in [0, 0.1) is 0 Å². The number of fused-ring (bicyclic) bond motifs is 1. The van der Waals surface area contributed by atoms with E-state index in [2.05, 4.69) is 0 Å². The Bertz CT molecular complexity index is 1090. The van der Waals surface area contributed by atoms with Crippen LogP contribution in [0.1, 0.15) is 32.1 Å². The average Bonchev–Trinajstić information content (AvgIpc) is 2.78. The van der Waals surface area contributed by atoms with Crippen LogP contribution in [0.5, 0.6) is 11.5 Å². The average molecular weight is 408 g/mol. The van der Waals surface area contributed by atoms with E-state index in [9.17, 15) is 9.59 Å². The molecular weight excluding hydrogens is 384 g/mol. The van der Waals surface area contributed by atoms with Crippen molar-refractivity contribution in [2.75, 3.05) is 13.7 Å². The van der Waals surface area contributed by atoms with Crippen molar-refractivity contribution in [1.82, 2.24) is 0 Å². The molecule has 2 aromatic carbocycles. The number of hydrogen-bond donors (Lipinski definition) is 0. The molecule has 0 spiro atoms. The molecule has 1 aliphatic rings. The lowest BCUT2D eigenvalue weighted by atomic mass is 9.98. The Balaban J connectivity index is 1.49. The molecule has 156 valence electrons. The number of carbonyl (C=O) groups is 1. The Morgan fingerprint density at radius 2 is 1.87 bits per heavy atom. The van der Waals surface area contributed by atoms with Gasteiger partial charge in [0.25, 0.3) is 0 Å². The van der Waals surface area contributed by atoms with E-state index in [1.165, 1.54) is 12.7 Å². The minimum atomic E-state index is -0.380. The number of ether oxygens (including phenoxy) is 3. The predicted molar refractivity (Wildman–Crippen MR) is 113 cm³/mol. The lowest BCUT2D eigenvalue weighted by Crippen LogP contribution is -2.24. The van der Waals surface area contributed by atoms with Crippen LogP contribution in [0.2, 0.25) is 0 Å². The van der Waals surface area contributed by atoms with E-state index < -0.39 is 0 Å². The second-order valence-corrected chi connectivity index (χ2v) is 7.38. The summed E-state index contributed by atoms with van der Waals surface area (Å²) in [5.74, 6) is 0.659. The minimum Gasteiger partial charge on any atom is -0.496 e. The number of benzene rings is 2. The van der Waals surface area contributed by atoms with Crippen LogP contribution in [0.15, 0.2) is 57.9 Å². The first kappa shape index (κ1) is 20.0. The molecule has 30 heavy (non-hydrogen) atoms. The number of para-hydroxylation sites is 1. The number of methoxy groups -OCH3 is 1. The lowest BCUT2D eigenvalue weighted by molar-refractivity contribution is -0.152. The van der Waals surface area contributed by atoms with Gasteiger partial charge in [0.1, 0.15) is 29.4 Å². The van der Waals surface area contributed by atoms with E-state index in [-0.39, 0.29) is 24.1 Å². The highest BCUT2D eigenvalue weighted by Crippen LogP contribution is 2.29. The van der Waals surface area contributed by atoms with Crippen LogP contribution < -0.4 is 14.9 Å². The molecular formula is C24H24O6. The van der Waals surface area contributed by atoms with Crippen molar-refractivity contribution in [2.45, 2.75) is 38.2 Å². The maximum absolute atomic E-state index is 13.0. The Kier molecular flexibility index (Phi) is 6.02. The summed E-state index contributed by atoms with van der Waals surface area (Å²) >= 11 is 0. The topological polar surface area (TPSA) is 75.0 Å². The second-order valence-electron chi connectivity index (χ2n) is 7.38. The molecule has 3 aromatic rings. The van der Waals surface area contributed by atoms with Gasteiger partial charge in [0, 0.05) is 11.6 Å². The quantitative estimate of drug-likeness (QED) is 0.549. The zero-order valence-electron chi connectivity index (χ0n) is 16.9. The lowest BCUT2D eigenvalue weighted by Gasteiger charge is -2.21. The third-order valence-electron chi connectivity index (χ3n) is 5.35. The molecule has 6 nitrogen and oxygen atoms in total. The summed E-state index contributed by atoms with van der Waals surface area (Å²) in [5.41, 5.74) is 1.31. The molecule has 1 aliphatic carbocycles. The van der Waals surface area contributed by atoms with Gasteiger partial charge in [-0.3, -0.25) is 4.79 Å². The van der Waals surface area contributed by atoms with Gasteiger partial charge in [-0.1, -0.05) is 24.6 Å². The molecule has 0 amide bonds. The van der Waals surface area contributed by atoms with Crippen LogP contribution in [0.25, 0.3) is 22.1 Å². The molecule has 0 aliphatic heterocycles. The van der Waals surface area contributed by atoms with Gasteiger partial charge in [-0.05, 0) is 43.9 Å². The highest BCUT2D eigenvalue weighted by Gasteiger charge is 2.18. The Morgan fingerprint density at radius 1 is 1.07 bits per heavy atom. The van der Waals surface area contributed by atoms with Gasteiger partial charge in [0.05, 0.1) is 18.1 Å². The van der Waals surface area contributed by atoms with Gasteiger partial charge in [0.2, 0.25) is 5.43 Å². The maximum atomic E-state index is 13.0. The summed E-state index contributed by atoms with van der Waals surface area (Å²) in [6.45, 7) is -0.175. The van der Waals surface area contributed by atoms with Crippen LogP contribution in [0.4, 0.5) is 0 Å². The number of carbonyl (C=O) groups excluding carboxylic acids is 1. The smallest absolute Gasteiger partial charge is 0.344 e. The van der Waals surface area contributed by atoms with Gasteiger partial charge in [-0.15, -0.1) is 0 Å². The monoisotopic (exact) mass is 408 g/mol. The Hall–Kier alpha value is -3.28. The van der Waals surface area contributed by atoms with Crippen molar-refractivity contribution in [3.63, 3.8) is 0 Å². The standard InChI is InChI=1S/C24H24O6/c1-27-21-10-6-5-9-18(21)20-14-29-22-13-17(11-12-19(22)24(20)26)28-15-23(25)30-16-7-3-2-4-8-16/h5-6,9-14,16H,2-4,7-8,15H2,1H3. The first-order valence-corrected chi connectivity index (χ1v) is 10.2. The van der Waals surface area contributed by atoms with Crippen LogP contribution in [0.3, 0.4) is 0 Å².